The van der Waals surface area contributed by atoms with Crippen molar-refractivity contribution >= 4 is 74.7 Å². The van der Waals surface area contributed by atoms with E-state index in [0.29, 0.717) is 0 Å². The Morgan fingerprint density at radius 2 is 2.00 bits per heavy atom. The summed E-state index contributed by atoms with van der Waals surface area (Å²) < 4.78 is 4.95. The molecule has 0 aliphatic heterocycles. The van der Waals surface area contributed by atoms with Gasteiger partial charge in [0.2, 0.25) is 0 Å². The number of hydrogen-bond donors (Lipinski definition) is 1. The van der Waals surface area contributed by atoms with Crippen LogP contribution in [-0.2, 0) is 0 Å². The Morgan fingerprint density at radius 3 is 2.61 bits per heavy atom. The summed E-state index contributed by atoms with van der Waals surface area (Å²) in [5.41, 5.74) is 0.221. The van der Waals surface area contributed by atoms with E-state index in [9.17, 15) is 9.59 Å². The molecule has 0 bridgehead atoms. The molecule has 0 saturated heterocycles. The number of aromatic nitrogens is 1. The van der Waals surface area contributed by atoms with Crippen molar-refractivity contribution in [3.05, 3.63) is 47.0 Å². The molecule has 0 spiro atoms. The fraction of sp³-hybridized carbons (Fsp3) is 0. The molecule has 1 heterocycles. The molecule has 0 unspecified atom stereocenters. The van der Waals surface area contributed by atoms with Gasteiger partial charge >= 0.3 is 63.3 Å². The van der Waals surface area contributed by atoms with E-state index in [4.69, 9.17) is 9.84 Å². The Morgan fingerprint density at radius 1 is 1.28 bits per heavy atom. The number of hydrogen-bond acceptors (Lipinski definition) is 5. The fourth-order valence-electron chi connectivity index (χ4n) is 1.18. The van der Waals surface area contributed by atoms with Gasteiger partial charge in [-0.05, 0) is 18.2 Å². The molecule has 1 aromatic heterocycles. The third-order valence-corrected chi connectivity index (χ3v) is 2.58. The van der Waals surface area contributed by atoms with E-state index in [-0.39, 0.29) is 67.7 Å². The number of carboxylic acid groups (broad SMARTS) is 1. The van der Waals surface area contributed by atoms with Crippen LogP contribution in [-0.4, -0.2) is 73.4 Å². The van der Waals surface area contributed by atoms with E-state index in [1.165, 1.54) is 41.8 Å². The van der Waals surface area contributed by atoms with Gasteiger partial charge in [0.05, 0.1) is 11.1 Å². The van der Waals surface area contributed by atoms with Gasteiger partial charge in [0.25, 0.3) is 5.19 Å². The van der Waals surface area contributed by atoms with Gasteiger partial charge in [0.1, 0.15) is 0 Å². The molecule has 0 radical (unpaired) electrons. The summed E-state index contributed by atoms with van der Waals surface area (Å²) in [6.45, 7) is 0. The second-order valence-corrected chi connectivity index (χ2v) is 3.93. The Hall–Kier alpha value is -0.574. The molecule has 88 valence electrons. The van der Waals surface area contributed by atoms with Crippen LogP contribution in [0.1, 0.15) is 20.7 Å². The minimum atomic E-state index is -1.09. The number of ether oxygens (including phenoxy) is 1. The second-order valence-electron chi connectivity index (χ2n) is 3.07. The predicted molar refractivity (Wildman–Crippen MR) is 67.6 cm³/mol. The molecule has 1 N–H and O–H groups in total. The molecule has 1 aromatic carbocycles. The van der Waals surface area contributed by atoms with Gasteiger partial charge in [-0.2, -0.15) is 0 Å². The molecular formula is C11H8KNO4S. The third-order valence-electron chi connectivity index (χ3n) is 1.93. The van der Waals surface area contributed by atoms with Crippen LogP contribution < -0.4 is 4.74 Å². The number of aromatic carboxylic acids is 1. The monoisotopic (exact) mass is 289 g/mol. The molecule has 0 atom stereocenters. The van der Waals surface area contributed by atoms with Crippen LogP contribution in [0.25, 0.3) is 0 Å². The van der Waals surface area contributed by atoms with Gasteiger partial charge in [-0.1, -0.05) is 17.4 Å². The Bertz CT molecular complexity index is 556. The van der Waals surface area contributed by atoms with E-state index >= 15 is 0 Å². The van der Waals surface area contributed by atoms with Crippen LogP contribution >= 0.6 is 11.3 Å². The molecule has 0 aliphatic carbocycles. The van der Waals surface area contributed by atoms with Crippen molar-refractivity contribution in [2.24, 2.45) is 0 Å². The number of esters is 1. The standard InChI is InChI=1S/C11H7NO4S.K.H/c13-9(14)7-2-1-3-8(6-7)10(15)16-11-12-4-5-17-11;;/h1-6H,(H,13,14);;. The van der Waals surface area contributed by atoms with Crippen LogP contribution in [0.15, 0.2) is 35.8 Å². The maximum absolute atomic E-state index is 11.6. The average molecular weight is 289 g/mol. The summed E-state index contributed by atoms with van der Waals surface area (Å²) in [5.74, 6) is -1.71. The second kappa shape index (κ2) is 7.12. The predicted octanol–water partition coefficient (Wildman–Crippen LogP) is 1.41. The molecule has 0 aliphatic rings. The van der Waals surface area contributed by atoms with Gasteiger partial charge in [-0.25, -0.2) is 14.6 Å². The van der Waals surface area contributed by atoms with Crippen LogP contribution in [0.5, 0.6) is 5.19 Å². The van der Waals surface area contributed by atoms with Crippen molar-refractivity contribution in [1.82, 2.24) is 4.98 Å². The van der Waals surface area contributed by atoms with Gasteiger partial charge in [0.15, 0.2) is 0 Å². The van der Waals surface area contributed by atoms with E-state index in [2.05, 4.69) is 4.98 Å². The SMILES string of the molecule is O=C(O)c1cccc(C(=O)Oc2nccs2)c1.[KH]. The number of carbonyl (C=O) groups is 2. The van der Waals surface area contributed by atoms with Crippen LogP contribution in [0.2, 0.25) is 0 Å². The van der Waals surface area contributed by atoms with Crippen LogP contribution in [0, 0.1) is 0 Å². The van der Waals surface area contributed by atoms with Crippen LogP contribution in [0.4, 0.5) is 0 Å². The van der Waals surface area contributed by atoms with Crippen molar-refractivity contribution in [1.29, 1.82) is 0 Å². The Balaban J connectivity index is 0.00000162. The van der Waals surface area contributed by atoms with E-state index in [1.54, 1.807) is 5.38 Å². The molecule has 18 heavy (non-hydrogen) atoms. The van der Waals surface area contributed by atoms with Crippen molar-refractivity contribution in [3.63, 3.8) is 0 Å². The van der Waals surface area contributed by atoms with E-state index in [1.807, 2.05) is 0 Å². The number of thiazole rings is 1. The zero-order valence-corrected chi connectivity index (χ0v) is 9.31. The Kier molecular flexibility index (Phi) is 6.13. The van der Waals surface area contributed by atoms with Crippen molar-refractivity contribution < 1.29 is 19.4 Å². The summed E-state index contributed by atoms with van der Waals surface area (Å²) in [6, 6.07) is 5.64. The molecular weight excluding hydrogens is 281 g/mol. The van der Waals surface area contributed by atoms with Gasteiger partial charge in [-0.15, -0.1) is 0 Å². The zero-order valence-electron chi connectivity index (χ0n) is 8.49. The van der Waals surface area contributed by atoms with Gasteiger partial charge < -0.3 is 9.84 Å². The number of benzene rings is 1. The van der Waals surface area contributed by atoms with E-state index < -0.39 is 11.9 Å². The van der Waals surface area contributed by atoms with Gasteiger partial charge in [0, 0.05) is 11.6 Å². The number of carboxylic acids is 1. The first kappa shape index (κ1) is 15.5. The minimum absolute atomic E-state index is 0. The quantitative estimate of drug-likeness (QED) is 0.683. The summed E-state index contributed by atoms with van der Waals surface area (Å²) in [7, 11) is 0. The summed E-state index contributed by atoms with van der Waals surface area (Å²) in [5, 5.41) is 10.7. The topological polar surface area (TPSA) is 76.5 Å². The summed E-state index contributed by atoms with van der Waals surface area (Å²) in [6.07, 6.45) is 1.51. The molecule has 2 rings (SSSR count). The van der Waals surface area contributed by atoms with Crippen molar-refractivity contribution in [2.75, 3.05) is 0 Å². The molecule has 7 heteroatoms. The van der Waals surface area contributed by atoms with Crippen LogP contribution in [0.3, 0.4) is 0 Å². The fourth-order valence-corrected chi connectivity index (χ4v) is 1.66. The molecule has 0 amide bonds. The van der Waals surface area contributed by atoms with Crippen molar-refractivity contribution in [2.45, 2.75) is 0 Å². The van der Waals surface area contributed by atoms with Gasteiger partial charge in [-0.3, -0.25) is 0 Å². The Labute approximate surface area is 149 Å². The average Bonchev–Trinajstić information content (AvgIpc) is 2.82. The molecule has 0 fully saturated rings. The number of nitrogens with zero attached hydrogens (tertiary/aromatic N) is 1. The maximum atomic E-state index is 11.6. The first-order valence-corrected chi connectivity index (χ1v) is 5.50. The zero-order chi connectivity index (χ0) is 12.3. The number of rotatable bonds is 3. The first-order valence-electron chi connectivity index (χ1n) is 4.62. The molecule has 2 aromatic rings. The van der Waals surface area contributed by atoms with Crippen molar-refractivity contribution in [3.8, 4) is 5.19 Å². The summed E-state index contributed by atoms with van der Waals surface area (Å²) >= 11 is 1.19. The first-order chi connectivity index (χ1) is 8.16. The molecule has 0 saturated carbocycles. The third kappa shape index (κ3) is 3.97. The summed E-state index contributed by atoms with van der Waals surface area (Å²) in [4.78, 5) is 26.2. The molecule has 5 nitrogen and oxygen atoms in total. The number of carbonyl (C=O) groups excluding carboxylic acids is 1. The van der Waals surface area contributed by atoms with E-state index in [0.717, 1.165) is 0 Å². The normalized spacial score (nSPS) is 9.33.